The average Bonchev–Trinajstić information content (AvgIpc) is 3.20. The molecule has 2 N–H and O–H groups in total. The number of nitrogens with zero attached hydrogens (tertiary/aromatic N) is 3. The molecule has 0 unspecified atom stereocenters. The number of pyridine rings is 1. The van der Waals surface area contributed by atoms with Gasteiger partial charge in [-0.05, 0) is 61.0 Å². The maximum atomic E-state index is 13.3. The van der Waals surface area contributed by atoms with Crippen molar-refractivity contribution in [1.82, 2.24) is 9.38 Å². The number of para-hydroxylation sites is 3. The average molecular weight is 417 g/mol. The zero-order valence-electron chi connectivity index (χ0n) is 17.3. The second kappa shape index (κ2) is 7.89. The van der Waals surface area contributed by atoms with E-state index in [1.807, 2.05) is 78.9 Å². The van der Waals surface area contributed by atoms with Crippen molar-refractivity contribution in [3.63, 3.8) is 0 Å². The minimum Gasteiger partial charge on any atom is -0.361 e. The number of benzene rings is 3. The second-order valence-electron chi connectivity index (χ2n) is 7.45. The number of nitrogens with one attached hydrogen (secondary N) is 2. The van der Waals surface area contributed by atoms with Gasteiger partial charge in [0.15, 0.2) is 5.65 Å². The molecule has 0 amide bonds. The first-order valence-corrected chi connectivity index (χ1v) is 10.2. The molecule has 6 heteroatoms. The van der Waals surface area contributed by atoms with Crippen molar-refractivity contribution in [2.24, 2.45) is 0 Å². The molecule has 0 aliphatic heterocycles. The number of fused-ring (bicyclic) bond motifs is 3. The molecule has 2 aromatic heterocycles. The quantitative estimate of drug-likeness (QED) is 0.455. The molecule has 32 heavy (non-hydrogen) atoms. The Morgan fingerprint density at radius 2 is 1.56 bits per heavy atom. The van der Waals surface area contributed by atoms with Crippen molar-refractivity contribution in [2.45, 2.75) is 6.92 Å². The standard InChI is InChI=1S/C26H19N5O/c1-17-21(15-27)25-30-23-9-5-6-10-24(23)31(25)26(32)22(17)16-28-18-11-13-20(14-12-18)29-19-7-3-2-4-8-19/h2-14,16,28-29H,1H3/b22-16+. The van der Waals surface area contributed by atoms with E-state index in [0.717, 1.165) is 17.1 Å². The van der Waals surface area contributed by atoms with Gasteiger partial charge in [0.05, 0.1) is 21.8 Å². The van der Waals surface area contributed by atoms with Crippen LogP contribution in [0.4, 0.5) is 17.1 Å². The van der Waals surface area contributed by atoms with Crippen LogP contribution in [0.25, 0.3) is 22.9 Å². The SMILES string of the molecule is Cc1c(C#N)c2nc3ccccc3n2c(=O)/c1=C/Nc1ccc(Nc2ccccc2)cc1. The van der Waals surface area contributed by atoms with E-state index in [-0.39, 0.29) is 5.56 Å². The summed E-state index contributed by atoms with van der Waals surface area (Å²) in [7, 11) is 0. The maximum Gasteiger partial charge on any atom is 0.265 e. The molecule has 0 spiro atoms. The van der Waals surface area contributed by atoms with Crippen LogP contribution in [0.15, 0.2) is 83.7 Å². The number of imidazole rings is 1. The van der Waals surface area contributed by atoms with Crippen LogP contribution in [0.3, 0.4) is 0 Å². The second-order valence-corrected chi connectivity index (χ2v) is 7.45. The summed E-state index contributed by atoms with van der Waals surface area (Å²) >= 11 is 0. The van der Waals surface area contributed by atoms with Gasteiger partial charge in [-0.2, -0.15) is 5.26 Å². The summed E-state index contributed by atoms with van der Waals surface area (Å²) in [5.41, 5.74) is 5.37. The van der Waals surface area contributed by atoms with E-state index in [1.54, 1.807) is 13.1 Å². The minimum atomic E-state index is -0.208. The van der Waals surface area contributed by atoms with Crippen LogP contribution in [0, 0.1) is 18.3 Å². The van der Waals surface area contributed by atoms with E-state index in [0.29, 0.717) is 33.0 Å². The molecule has 0 aliphatic carbocycles. The lowest BCUT2D eigenvalue weighted by Crippen LogP contribution is -2.34. The monoisotopic (exact) mass is 417 g/mol. The lowest BCUT2D eigenvalue weighted by atomic mass is 10.1. The fourth-order valence-corrected chi connectivity index (χ4v) is 3.78. The Morgan fingerprint density at radius 1 is 0.906 bits per heavy atom. The van der Waals surface area contributed by atoms with E-state index in [4.69, 9.17) is 0 Å². The van der Waals surface area contributed by atoms with Gasteiger partial charge in [0.2, 0.25) is 0 Å². The molecule has 0 radical (unpaired) electrons. The first-order chi connectivity index (χ1) is 15.7. The third kappa shape index (κ3) is 3.32. The topological polar surface area (TPSA) is 82.2 Å². The molecule has 0 saturated heterocycles. The highest BCUT2D eigenvalue weighted by molar-refractivity contribution is 5.82. The van der Waals surface area contributed by atoms with E-state index < -0.39 is 0 Å². The molecule has 2 heterocycles. The van der Waals surface area contributed by atoms with Crippen LogP contribution in [0.1, 0.15) is 11.1 Å². The van der Waals surface area contributed by atoms with Crippen LogP contribution in [0.2, 0.25) is 0 Å². The zero-order chi connectivity index (χ0) is 22.1. The van der Waals surface area contributed by atoms with Crippen LogP contribution < -0.4 is 21.4 Å². The van der Waals surface area contributed by atoms with E-state index in [1.165, 1.54) is 4.40 Å². The van der Waals surface area contributed by atoms with Crippen molar-refractivity contribution < 1.29 is 0 Å². The Hall–Kier alpha value is -4.63. The first-order valence-electron chi connectivity index (χ1n) is 10.2. The van der Waals surface area contributed by atoms with Gasteiger partial charge in [-0.3, -0.25) is 9.20 Å². The van der Waals surface area contributed by atoms with E-state index in [2.05, 4.69) is 21.7 Å². The minimum absolute atomic E-state index is 0.208. The molecule has 5 aromatic rings. The summed E-state index contributed by atoms with van der Waals surface area (Å²) in [4.78, 5) is 17.8. The van der Waals surface area contributed by atoms with Gasteiger partial charge < -0.3 is 10.6 Å². The lowest BCUT2D eigenvalue weighted by Gasteiger charge is -2.08. The van der Waals surface area contributed by atoms with Gasteiger partial charge in [-0.15, -0.1) is 0 Å². The highest BCUT2D eigenvalue weighted by atomic mass is 16.1. The van der Waals surface area contributed by atoms with Gasteiger partial charge in [-0.25, -0.2) is 4.98 Å². The molecule has 0 atom stereocenters. The summed E-state index contributed by atoms with van der Waals surface area (Å²) in [6.45, 7) is 1.78. The highest BCUT2D eigenvalue weighted by Gasteiger charge is 2.15. The van der Waals surface area contributed by atoms with Crippen LogP contribution >= 0.6 is 0 Å². The largest absolute Gasteiger partial charge is 0.361 e. The molecule has 0 saturated carbocycles. The smallest absolute Gasteiger partial charge is 0.265 e. The third-order valence-electron chi connectivity index (χ3n) is 5.44. The summed E-state index contributed by atoms with van der Waals surface area (Å²) < 4.78 is 1.52. The molecule has 0 fully saturated rings. The fourth-order valence-electron chi connectivity index (χ4n) is 3.78. The highest BCUT2D eigenvalue weighted by Crippen LogP contribution is 2.19. The lowest BCUT2D eigenvalue weighted by molar-refractivity contribution is 1.10. The number of aromatic nitrogens is 2. The number of anilines is 3. The Morgan fingerprint density at radius 3 is 2.31 bits per heavy atom. The van der Waals surface area contributed by atoms with Gasteiger partial charge in [0.25, 0.3) is 5.56 Å². The molecular formula is C26H19N5O. The van der Waals surface area contributed by atoms with Crippen LogP contribution in [-0.4, -0.2) is 9.38 Å². The van der Waals surface area contributed by atoms with Gasteiger partial charge >= 0.3 is 0 Å². The third-order valence-corrected chi connectivity index (χ3v) is 5.44. The molecule has 0 bridgehead atoms. The Balaban J connectivity index is 1.53. The first kappa shape index (κ1) is 19.3. The predicted octanol–water partition coefficient (Wildman–Crippen LogP) is 4.34. The molecule has 3 aromatic carbocycles. The van der Waals surface area contributed by atoms with Crippen molar-refractivity contribution in [3.8, 4) is 6.07 Å². The van der Waals surface area contributed by atoms with Crippen molar-refractivity contribution in [2.75, 3.05) is 10.6 Å². The van der Waals surface area contributed by atoms with E-state index >= 15 is 0 Å². The number of hydrogen-bond acceptors (Lipinski definition) is 5. The molecule has 6 nitrogen and oxygen atoms in total. The zero-order valence-corrected chi connectivity index (χ0v) is 17.3. The Kier molecular flexibility index (Phi) is 4.77. The number of hydrogen-bond donors (Lipinski definition) is 2. The summed E-state index contributed by atoms with van der Waals surface area (Å²) in [5.74, 6) is 0. The van der Waals surface area contributed by atoms with Gasteiger partial charge in [0, 0.05) is 23.3 Å². The summed E-state index contributed by atoms with van der Waals surface area (Å²) in [6, 6.07) is 27.3. The van der Waals surface area contributed by atoms with Crippen LogP contribution in [-0.2, 0) is 0 Å². The molecule has 0 aliphatic rings. The maximum absolute atomic E-state index is 13.3. The van der Waals surface area contributed by atoms with Crippen molar-refractivity contribution in [3.05, 3.63) is 106 Å². The predicted molar refractivity (Wildman–Crippen MR) is 128 cm³/mol. The molecular weight excluding hydrogens is 398 g/mol. The summed E-state index contributed by atoms with van der Waals surface area (Å²) in [6.07, 6.45) is 1.66. The molecule has 154 valence electrons. The van der Waals surface area contributed by atoms with E-state index in [9.17, 15) is 10.1 Å². The Labute approximate surface area is 184 Å². The normalized spacial score (nSPS) is 11.6. The van der Waals surface area contributed by atoms with Crippen molar-refractivity contribution >= 4 is 39.9 Å². The van der Waals surface area contributed by atoms with Crippen LogP contribution in [0.5, 0.6) is 0 Å². The fraction of sp³-hybridized carbons (Fsp3) is 0.0385. The molecule has 5 rings (SSSR count). The van der Waals surface area contributed by atoms with Crippen molar-refractivity contribution in [1.29, 1.82) is 5.26 Å². The van der Waals surface area contributed by atoms with Gasteiger partial charge in [-0.1, -0.05) is 30.3 Å². The van der Waals surface area contributed by atoms with Gasteiger partial charge in [0.1, 0.15) is 6.07 Å². The Bertz CT molecular complexity index is 1600. The number of rotatable bonds is 4. The number of nitriles is 1. The summed E-state index contributed by atoms with van der Waals surface area (Å²) in [5, 5.41) is 16.7.